The van der Waals surface area contributed by atoms with E-state index in [-0.39, 0.29) is 28.1 Å². The Morgan fingerprint density at radius 3 is 1.33 bits per heavy atom. The molecule has 0 heterocycles. The monoisotopic (exact) mass is 451 g/mol. The van der Waals surface area contributed by atoms with Crippen molar-refractivity contribution in [2.45, 2.75) is 110 Å². The molecule has 0 aliphatic heterocycles. The summed E-state index contributed by atoms with van der Waals surface area (Å²) in [6.45, 7) is 2.28. The second-order valence-corrected chi connectivity index (χ2v) is 7.85. The zero-order chi connectivity index (χ0) is 17.0. The second-order valence-electron chi connectivity index (χ2n) is 6.75. The third kappa shape index (κ3) is 24.8. The van der Waals surface area contributed by atoms with Crippen LogP contribution in [0.2, 0.25) is 0 Å². The summed E-state index contributed by atoms with van der Waals surface area (Å²) in [5.74, 6) is 0.579. The molecule has 0 unspecified atom stereocenters. The third-order valence-electron chi connectivity index (χ3n) is 4.37. The molecule has 1 radical (unpaired) electrons. The number of aliphatic carboxylic acids is 1. The average molecular weight is 452 g/mol. The van der Waals surface area contributed by atoms with Crippen molar-refractivity contribution in [3.8, 4) is 0 Å². The SMILES string of the molecule is CCCCCCCCCCCCCCCCCCSCC(=O)O.[Ag]. The number of unbranched alkanes of at least 4 members (excludes halogenated alkanes) is 15. The Morgan fingerprint density at radius 1 is 0.667 bits per heavy atom. The molecule has 0 spiro atoms. The van der Waals surface area contributed by atoms with Crippen LogP contribution in [0.1, 0.15) is 110 Å². The number of carboxylic acids is 1. The molecule has 0 rings (SSSR count). The number of thioether (sulfide) groups is 1. The maximum atomic E-state index is 10.4. The number of carboxylic acid groups (broad SMARTS) is 1. The van der Waals surface area contributed by atoms with Crippen molar-refractivity contribution in [1.29, 1.82) is 0 Å². The van der Waals surface area contributed by atoms with Gasteiger partial charge in [-0.1, -0.05) is 103 Å². The molecule has 0 aromatic heterocycles. The molecular formula is C20H40AgO2S. The molecule has 2 nitrogen and oxygen atoms in total. The molecule has 4 heteroatoms. The predicted molar refractivity (Wildman–Crippen MR) is 105 cm³/mol. The first-order chi connectivity index (χ1) is 11.3. The Hall–Kier alpha value is 0.560. The molecule has 0 fully saturated rings. The van der Waals surface area contributed by atoms with Crippen molar-refractivity contribution in [1.82, 2.24) is 0 Å². The van der Waals surface area contributed by atoms with Gasteiger partial charge in [0.05, 0.1) is 5.75 Å². The van der Waals surface area contributed by atoms with Crippen LogP contribution in [-0.2, 0) is 27.2 Å². The first-order valence-electron chi connectivity index (χ1n) is 10.1. The van der Waals surface area contributed by atoms with E-state index >= 15 is 0 Å². The first-order valence-corrected chi connectivity index (χ1v) is 11.2. The van der Waals surface area contributed by atoms with Crippen LogP contribution in [0.4, 0.5) is 0 Å². The van der Waals surface area contributed by atoms with Gasteiger partial charge in [-0.05, 0) is 12.2 Å². The minimum atomic E-state index is -0.688. The number of rotatable bonds is 19. The Labute approximate surface area is 170 Å². The van der Waals surface area contributed by atoms with Crippen LogP contribution in [0, 0.1) is 0 Å². The zero-order valence-corrected chi connectivity index (χ0v) is 18.1. The summed E-state index contributed by atoms with van der Waals surface area (Å²) in [7, 11) is 0. The Balaban J connectivity index is 0. The minimum Gasteiger partial charge on any atom is -0.481 e. The summed E-state index contributed by atoms with van der Waals surface area (Å²) >= 11 is 1.55. The molecule has 0 amide bonds. The van der Waals surface area contributed by atoms with Crippen molar-refractivity contribution in [3.63, 3.8) is 0 Å². The minimum absolute atomic E-state index is 0. The molecule has 0 aliphatic carbocycles. The van der Waals surface area contributed by atoms with Crippen LogP contribution in [0.5, 0.6) is 0 Å². The summed E-state index contributed by atoms with van der Waals surface area (Å²) in [5.41, 5.74) is 0. The van der Waals surface area contributed by atoms with E-state index in [1.54, 1.807) is 11.8 Å². The smallest absolute Gasteiger partial charge is 0.313 e. The van der Waals surface area contributed by atoms with Gasteiger partial charge in [0.25, 0.3) is 0 Å². The number of hydrogen-bond donors (Lipinski definition) is 1. The van der Waals surface area contributed by atoms with E-state index < -0.39 is 5.97 Å². The van der Waals surface area contributed by atoms with E-state index in [0.29, 0.717) is 0 Å². The summed E-state index contributed by atoms with van der Waals surface area (Å²) in [6.07, 6.45) is 22.2. The van der Waals surface area contributed by atoms with Crippen molar-refractivity contribution in [3.05, 3.63) is 0 Å². The molecule has 0 saturated carbocycles. The summed E-state index contributed by atoms with van der Waals surface area (Å²) in [5, 5.41) is 8.53. The molecule has 149 valence electrons. The van der Waals surface area contributed by atoms with Gasteiger partial charge in [0.15, 0.2) is 0 Å². The van der Waals surface area contributed by atoms with E-state index in [4.69, 9.17) is 5.11 Å². The third-order valence-corrected chi connectivity index (χ3v) is 5.40. The summed E-state index contributed by atoms with van der Waals surface area (Å²) < 4.78 is 0. The van der Waals surface area contributed by atoms with Gasteiger partial charge in [0.1, 0.15) is 0 Å². The molecule has 0 aromatic carbocycles. The maximum Gasteiger partial charge on any atom is 0.313 e. The normalized spacial score (nSPS) is 10.5. The van der Waals surface area contributed by atoms with Gasteiger partial charge < -0.3 is 5.11 Å². The van der Waals surface area contributed by atoms with Gasteiger partial charge in [-0.25, -0.2) is 0 Å². The maximum absolute atomic E-state index is 10.4. The van der Waals surface area contributed by atoms with E-state index in [0.717, 1.165) is 5.75 Å². The molecule has 0 saturated heterocycles. The fourth-order valence-electron chi connectivity index (χ4n) is 2.91. The van der Waals surface area contributed by atoms with Gasteiger partial charge in [0, 0.05) is 22.4 Å². The molecule has 0 bridgehead atoms. The molecule has 1 N–H and O–H groups in total. The Bertz CT molecular complexity index is 250. The van der Waals surface area contributed by atoms with Crippen molar-refractivity contribution in [2.75, 3.05) is 11.5 Å². The largest absolute Gasteiger partial charge is 0.481 e. The molecule has 0 atom stereocenters. The van der Waals surface area contributed by atoms with Crippen molar-refractivity contribution < 1.29 is 32.3 Å². The van der Waals surface area contributed by atoms with E-state index in [9.17, 15) is 4.79 Å². The standard InChI is InChI=1S/C20H40O2S.Ag/c1-2-3-4-5-6-7-8-9-10-11-12-13-14-15-16-17-18-23-19-20(21)22;/h2-19H2,1H3,(H,21,22);. The van der Waals surface area contributed by atoms with Crippen LogP contribution in [0.25, 0.3) is 0 Å². The van der Waals surface area contributed by atoms with Crippen molar-refractivity contribution in [2.24, 2.45) is 0 Å². The number of carbonyl (C=O) groups is 1. The Morgan fingerprint density at radius 2 is 1.00 bits per heavy atom. The van der Waals surface area contributed by atoms with E-state index in [2.05, 4.69) is 6.92 Å². The van der Waals surface area contributed by atoms with E-state index in [1.807, 2.05) is 0 Å². The van der Waals surface area contributed by atoms with Crippen LogP contribution in [-0.4, -0.2) is 22.6 Å². The summed E-state index contributed by atoms with van der Waals surface area (Å²) in [6, 6.07) is 0. The van der Waals surface area contributed by atoms with Crippen molar-refractivity contribution >= 4 is 17.7 Å². The van der Waals surface area contributed by atoms with Crippen LogP contribution >= 0.6 is 11.8 Å². The van der Waals surface area contributed by atoms with Gasteiger partial charge in [-0.2, -0.15) is 11.8 Å². The van der Waals surface area contributed by atoms with Gasteiger partial charge in [0.2, 0.25) is 0 Å². The average Bonchev–Trinajstić information content (AvgIpc) is 2.53. The van der Waals surface area contributed by atoms with E-state index in [1.165, 1.54) is 103 Å². The fraction of sp³-hybridized carbons (Fsp3) is 0.950. The van der Waals surface area contributed by atoms with Crippen LogP contribution in [0.3, 0.4) is 0 Å². The first kappa shape index (κ1) is 26.8. The van der Waals surface area contributed by atoms with Crippen LogP contribution < -0.4 is 0 Å². The molecular weight excluding hydrogens is 412 g/mol. The zero-order valence-electron chi connectivity index (χ0n) is 15.8. The second kappa shape index (κ2) is 23.6. The Kier molecular flexibility index (Phi) is 26.3. The molecule has 24 heavy (non-hydrogen) atoms. The molecule has 0 aromatic rings. The fourth-order valence-corrected chi connectivity index (χ4v) is 3.64. The predicted octanol–water partition coefficient (Wildman–Crippen LogP) is 7.06. The van der Waals surface area contributed by atoms with Gasteiger partial charge in [-0.3, -0.25) is 4.79 Å². The van der Waals surface area contributed by atoms with Gasteiger partial charge >= 0.3 is 5.97 Å². The number of hydrogen-bond acceptors (Lipinski definition) is 2. The summed E-state index contributed by atoms with van der Waals surface area (Å²) in [4.78, 5) is 10.4. The molecule has 0 aliphatic rings. The van der Waals surface area contributed by atoms with Gasteiger partial charge in [-0.15, -0.1) is 0 Å². The topological polar surface area (TPSA) is 37.3 Å². The van der Waals surface area contributed by atoms with Crippen LogP contribution in [0.15, 0.2) is 0 Å². The quantitative estimate of drug-likeness (QED) is 0.168.